The van der Waals surface area contributed by atoms with Crippen LogP contribution in [0, 0.1) is 0 Å². The predicted octanol–water partition coefficient (Wildman–Crippen LogP) is 1.77. The Balaban J connectivity index is 4.14. The maximum absolute atomic E-state index is 11.9. The highest BCUT2D eigenvalue weighted by Gasteiger charge is 2.56. The van der Waals surface area contributed by atoms with Crippen LogP contribution in [-0.4, -0.2) is 18.0 Å². The lowest BCUT2D eigenvalue weighted by Gasteiger charge is -2.18. The Morgan fingerprint density at radius 2 is 1.58 bits per heavy atom. The quantitative estimate of drug-likeness (QED) is 0.625. The van der Waals surface area contributed by atoms with Gasteiger partial charge in [0, 0.05) is 12.8 Å². The number of rotatable bonds is 3. The minimum absolute atomic E-state index is 1.09. The molecule has 71 valence electrons. The Morgan fingerprint density at radius 3 is 1.83 bits per heavy atom. The number of hydrogen-bond donors (Lipinski definition) is 0. The largest absolute Gasteiger partial charge is 0.453 e. The van der Waals surface area contributed by atoms with Gasteiger partial charge in [0.1, 0.15) is 0 Å². The third-order valence-electron chi connectivity index (χ3n) is 1.08. The molecule has 1 N–H and O–H groups in total. The van der Waals surface area contributed by atoms with Crippen LogP contribution in [0.4, 0.5) is 22.0 Å². The summed E-state index contributed by atoms with van der Waals surface area (Å²) < 4.78 is 57.9. The molecule has 1 amide bonds. The van der Waals surface area contributed by atoms with Gasteiger partial charge < -0.3 is 0 Å². The summed E-state index contributed by atoms with van der Waals surface area (Å²) in [6.45, 7) is 0. The van der Waals surface area contributed by atoms with Crippen molar-refractivity contribution in [2.75, 3.05) is 0 Å². The Kier molecular flexibility index (Phi) is 3.00. The zero-order valence-electron chi connectivity index (χ0n) is 5.71. The molecule has 0 aliphatic carbocycles. The highest BCUT2D eigenvalue weighted by Crippen LogP contribution is 2.38. The minimum Gasteiger partial charge on any atom is -0.273 e. The lowest BCUT2D eigenvalue weighted by molar-refractivity contribution is -0.284. The van der Waals surface area contributed by atoms with Crippen LogP contribution in [0.25, 0.3) is 0 Å². The van der Waals surface area contributed by atoms with Gasteiger partial charge in [0.25, 0.3) is 0 Å². The van der Waals surface area contributed by atoms with Gasteiger partial charge in [-0.05, 0) is 0 Å². The summed E-state index contributed by atoms with van der Waals surface area (Å²) in [4.78, 5) is 9.78. The van der Waals surface area contributed by atoms with Crippen molar-refractivity contribution in [1.82, 2.24) is 5.73 Å². The number of nitrogens with one attached hydrogen (secondary N) is 1. The van der Waals surface area contributed by atoms with Gasteiger partial charge in [-0.2, -0.15) is 22.0 Å². The molecule has 1 radical (unpaired) electrons. The summed E-state index contributed by atoms with van der Waals surface area (Å²) in [7, 11) is 0. The predicted molar refractivity (Wildman–Crippen MR) is 28.3 cm³/mol. The molecule has 7 heteroatoms. The average molecular weight is 190 g/mol. The van der Waals surface area contributed by atoms with Gasteiger partial charge in [-0.15, -0.1) is 0 Å². The van der Waals surface area contributed by atoms with Crippen LogP contribution in [0.15, 0.2) is 0 Å². The topological polar surface area (TPSA) is 40.9 Å². The van der Waals surface area contributed by atoms with E-state index in [1.54, 1.807) is 0 Å². The summed E-state index contributed by atoms with van der Waals surface area (Å²) in [5.41, 5.74) is 6.12. The summed E-state index contributed by atoms with van der Waals surface area (Å²) in [6, 6.07) is 0. The second kappa shape index (κ2) is 3.24. The third kappa shape index (κ3) is 3.02. The second-order valence-corrected chi connectivity index (χ2v) is 2.13. The first-order valence-corrected chi connectivity index (χ1v) is 2.86. The fraction of sp³-hybridized carbons (Fsp3) is 0.800. The van der Waals surface area contributed by atoms with E-state index in [4.69, 9.17) is 5.73 Å². The maximum atomic E-state index is 11.9. The summed E-state index contributed by atoms with van der Waals surface area (Å²) >= 11 is 0. The van der Waals surface area contributed by atoms with Gasteiger partial charge in [-0.25, -0.2) is 0 Å². The Bertz CT molecular complexity index is 175. The van der Waals surface area contributed by atoms with Gasteiger partial charge in [-0.3, -0.25) is 10.5 Å². The molecule has 0 saturated carbocycles. The van der Waals surface area contributed by atoms with Crippen molar-refractivity contribution in [3.8, 4) is 0 Å². The molecule has 0 aromatic rings. The second-order valence-electron chi connectivity index (χ2n) is 2.13. The van der Waals surface area contributed by atoms with Gasteiger partial charge >= 0.3 is 12.1 Å². The minimum atomic E-state index is -5.64. The number of amides is 1. The zero-order chi connectivity index (χ0) is 9.99. The molecule has 0 aliphatic rings. The molecular weight excluding hydrogens is 185 g/mol. The maximum Gasteiger partial charge on any atom is 0.453 e. The van der Waals surface area contributed by atoms with Crippen molar-refractivity contribution in [1.29, 1.82) is 0 Å². The van der Waals surface area contributed by atoms with E-state index in [0.717, 1.165) is 0 Å². The first kappa shape index (κ1) is 11.1. The Labute approximate surface area is 64.5 Å². The lowest BCUT2D eigenvalue weighted by Crippen LogP contribution is -2.36. The van der Waals surface area contributed by atoms with Crippen LogP contribution < -0.4 is 5.73 Å². The van der Waals surface area contributed by atoms with Crippen LogP contribution in [0.3, 0.4) is 0 Å². The fourth-order valence-corrected chi connectivity index (χ4v) is 0.412. The zero-order valence-corrected chi connectivity index (χ0v) is 5.71. The number of halogens is 5. The van der Waals surface area contributed by atoms with Crippen LogP contribution in [0.1, 0.15) is 12.8 Å². The molecule has 0 bridgehead atoms. The van der Waals surface area contributed by atoms with Crippen molar-refractivity contribution in [3.05, 3.63) is 0 Å². The van der Waals surface area contributed by atoms with E-state index in [0.29, 0.717) is 0 Å². The molecule has 0 saturated heterocycles. The van der Waals surface area contributed by atoms with Gasteiger partial charge in [-0.1, -0.05) is 0 Å². The molecular formula is C5H5F5NO. The van der Waals surface area contributed by atoms with Crippen molar-refractivity contribution < 1.29 is 26.7 Å². The van der Waals surface area contributed by atoms with E-state index in [2.05, 4.69) is 0 Å². The molecule has 0 aliphatic heterocycles. The lowest BCUT2D eigenvalue weighted by atomic mass is 10.2. The third-order valence-corrected chi connectivity index (χ3v) is 1.08. The molecule has 0 atom stereocenters. The Hall–Kier alpha value is -0.880. The normalized spacial score (nSPS) is 13.1. The summed E-state index contributed by atoms with van der Waals surface area (Å²) in [5, 5.41) is 0. The number of carbonyl (C=O) groups excluding carboxylic acids is 1. The number of alkyl halides is 5. The van der Waals surface area contributed by atoms with Gasteiger partial charge in [0.15, 0.2) is 0 Å². The highest BCUT2D eigenvalue weighted by molar-refractivity contribution is 5.72. The van der Waals surface area contributed by atoms with E-state index >= 15 is 0 Å². The molecule has 0 aromatic carbocycles. The monoisotopic (exact) mass is 190 g/mol. The summed E-state index contributed by atoms with van der Waals surface area (Å²) in [6.07, 6.45) is -8.38. The average Bonchev–Trinajstić information content (AvgIpc) is 1.81. The molecule has 0 fully saturated rings. The number of carbonyl (C=O) groups is 1. The van der Waals surface area contributed by atoms with Crippen LogP contribution in [-0.2, 0) is 4.79 Å². The SMILES string of the molecule is [NH]C(=O)CCC(F)(F)C(F)(F)F. The standard InChI is InChI=1S/C5H5F5NO/c6-4(7,5(8,9)10)2-1-3(11)12/h11H,1-2H2. The van der Waals surface area contributed by atoms with Gasteiger partial charge in [0.2, 0.25) is 5.91 Å². The van der Waals surface area contributed by atoms with E-state index in [9.17, 15) is 26.7 Å². The van der Waals surface area contributed by atoms with Crippen molar-refractivity contribution in [2.24, 2.45) is 0 Å². The van der Waals surface area contributed by atoms with Crippen molar-refractivity contribution >= 4 is 5.91 Å². The van der Waals surface area contributed by atoms with Crippen LogP contribution >= 0.6 is 0 Å². The fourth-order valence-electron chi connectivity index (χ4n) is 0.412. The van der Waals surface area contributed by atoms with Crippen LogP contribution in [0.2, 0.25) is 0 Å². The van der Waals surface area contributed by atoms with Crippen molar-refractivity contribution in [3.63, 3.8) is 0 Å². The molecule has 0 spiro atoms. The first-order valence-electron chi connectivity index (χ1n) is 2.86. The molecule has 0 unspecified atom stereocenters. The van der Waals surface area contributed by atoms with E-state index < -0.39 is 30.8 Å². The molecule has 0 rings (SSSR count). The first-order chi connectivity index (χ1) is 5.17. The van der Waals surface area contributed by atoms with E-state index in [1.165, 1.54) is 0 Å². The van der Waals surface area contributed by atoms with Gasteiger partial charge in [0.05, 0.1) is 0 Å². The molecule has 12 heavy (non-hydrogen) atoms. The molecule has 0 heterocycles. The van der Waals surface area contributed by atoms with E-state index in [-0.39, 0.29) is 0 Å². The number of hydrogen-bond acceptors (Lipinski definition) is 1. The van der Waals surface area contributed by atoms with Crippen LogP contribution in [0.5, 0.6) is 0 Å². The summed E-state index contributed by atoms with van der Waals surface area (Å²) in [5.74, 6) is -6.30. The molecule has 2 nitrogen and oxygen atoms in total. The van der Waals surface area contributed by atoms with Crippen molar-refractivity contribution in [2.45, 2.75) is 24.9 Å². The van der Waals surface area contributed by atoms with E-state index in [1.807, 2.05) is 0 Å². The Morgan fingerprint density at radius 1 is 1.17 bits per heavy atom. The smallest absolute Gasteiger partial charge is 0.273 e. The molecule has 0 aromatic heterocycles. The highest BCUT2D eigenvalue weighted by atomic mass is 19.4.